The van der Waals surface area contributed by atoms with Gasteiger partial charge < -0.3 is 5.11 Å². The molecule has 0 spiro atoms. The zero-order chi connectivity index (χ0) is 13.0. The largest absolute Gasteiger partial charge is 0.481 e. The summed E-state index contributed by atoms with van der Waals surface area (Å²) in [5.74, 6) is -0.612. The summed E-state index contributed by atoms with van der Waals surface area (Å²) >= 11 is 1.70. The van der Waals surface area contributed by atoms with Crippen LogP contribution in [0.5, 0.6) is 0 Å². The predicted octanol–water partition coefficient (Wildman–Crippen LogP) is 3.22. The summed E-state index contributed by atoms with van der Waals surface area (Å²) in [6.07, 6.45) is 3.56. The third-order valence-corrected chi connectivity index (χ3v) is 4.56. The molecule has 0 saturated carbocycles. The first-order valence-electron chi connectivity index (χ1n) is 6.63. The standard InChI is InChI=1S/C14H21NO2S/c1-2-5-14(13(16)17)6-3-7-15(11-14)9-12-4-8-18-10-12/h4,8,10H,2-3,5-7,9,11H2,1H3,(H,16,17). The van der Waals surface area contributed by atoms with Gasteiger partial charge in [0.2, 0.25) is 0 Å². The number of piperidine rings is 1. The van der Waals surface area contributed by atoms with Crippen LogP contribution < -0.4 is 0 Å². The summed E-state index contributed by atoms with van der Waals surface area (Å²) in [7, 11) is 0. The van der Waals surface area contributed by atoms with Crippen LogP contribution in [0.3, 0.4) is 0 Å². The Balaban J connectivity index is 2.04. The van der Waals surface area contributed by atoms with Crippen molar-refractivity contribution in [2.75, 3.05) is 13.1 Å². The fourth-order valence-electron chi connectivity index (χ4n) is 2.97. The Labute approximate surface area is 112 Å². The number of carboxylic acids is 1. The maximum absolute atomic E-state index is 11.6. The fourth-order valence-corrected chi connectivity index (χ4v) is 3.63. The van der Waals surface area contributed by atoms with Crippen LogP contribution in [0.25, 0.3) is 0 Å². The Kier molecular flexibility index (Phi) is 4.40. The van der Waals surface area contributed by atoms with Crippen LogP contribution >= 0.6 is 11.3 Å². The molecular weight excluding hydrogens is 246 g/mol. The van der Waals surface area contributed by atoms with Gasteiger partial charge in [-0.15, -0.1) is 0 Å². The molecule has 1 atom stereocenters. The maximum atomic E-state index is 11.6. The van der Waals surface area contributed by atoms with E-state index in [4.69, 9.17) is 0 Å². The summed E-state index contributed by atoms with van der Waals surface area (Å²) in [5.41, 5.74) is 0.793. The number of thiophene rings is 1. The van der Waals surface area contributed by atoms with Crippen LogP contribution in [0, 0.1) is 5.41 Å². The van der Waals surface area contributed by atoms with Crippen LogP contribution in [0.4, 0.5) is 0 Å². The molecule has 0 radical (unpaired) electrons. The van der Waals surface area contributed by atoms with Crippen LogP contribution in [-0.4, -0.2) is 29.1 Å². The van der Waals surface area contributed by atoms with E-state index in [1.54, 1.807) is 11.3 Å². The first-order chi connectivity index (χ1) is 8.66. The summed E-state index contributed by atoms with van der Waals surface area (Å²) in [5, 5.41) is 13.8. The second kappa shape index (κ2) is 5.85. The molecule has 1 fully saturated rings. The molecule has 100 valence electrons. The van der Waals surface area contributed by atoms with E-state index in [2.05, 4.69) is 28.7 Å². The Hall–Kier alpha value is -0.870. The minimum Gasteiger partial charge on any atom is -0.481 e. The quantitative estimate of drug-likeness (QED) is 0.890. The summed E-state index contributed by atoms with van der Waals surface area (Å²) in [6, 6.07) is 2.13. The summed E-state index contributed by atoms with van der Waals surface area (Å²) < 4.78 is 0. The first kappa shape index (κ1) is 13.6. The van der Waals surface area contributed by atoms with Crippen molar-refractivity contribution in [3.05, 3.63) is 22.4 Å². The molecule has 1 aromatic heterocycles. The molecular formula is C14H21NO2S. The number of likely N-dealkylation sites (tertiary alicyclic amines) is 1. The fraction of sp³-hybridized carbons (Fsp3) is 0.643. The molecule has 4 heteroatoms. The molecule has 18 heavy (non-hydrogen) atoms. The second-order valence-corrected chi connectivity index (χ2v) is 6.06. The van der Waals surface area contributed by atoms with E-state index in [0.29, 0.717) is 6.54 Å². The lowest BCUT2D eigenvalue weighted by molar-refractivity contribution is -0.153. The Morgan fingerprint density at radius 2 is 2.44 bits per heavy atom. The van der Waals surface area contributed by atoms with Gasteiger partial charge in [0.05, 0.1) is 5.41 Å². The highest BCUT2D eigenvalue weighted by Gasteiger charge is 2.41. The van der Waals surface area contributed by atoms with Gasteiger partial charge in [-0.05, 0) is 48.2 Å². The Morgan fingerprint density at radius 3 is 3.06 bits per heavy atom. The average Bonchev–Trinajstić information content (AvgIpc) is 2.82. The third-order valence-electron chi connectivity index (χ3n) is 3.82. The third kappa shape index (κ3) is 2.93. The SMILES string of the molecule is CCCC1(C(=O)O)CCCN(Cc2ccsc2)C1. The van der Waals surface area contributed by atoms with Crippen molar-refractivity contribution in [3.63, 3.8) is 0 Å². The number of carboxylic acid groups (broad SMARTS) is 1. The maximum Gasteiger partial charge on any atom is 0.310 e. The van der Waals surface area contributed by atoms with Crippen molar-refractivity contribution < 1.29 is 9.90 Å². The van der Waals surface area contributed by atoms with Crippen LogP contribution in [-0.2, 0) is 11.3 Å². The van der Waals surface area contributed by atoms with Crippen molar-refractivity contribution in [2.45, 2.75) is 39.2 Å². The average molecular weight is 267 g/mol. The molecule has 1 N–H and O–H groups in total. The zero-order valence-electron chi connectivity index (χ0n) is 10.9. The molecule has 1 aliphatic heterocycles. The molecule has 0 bridgehead atoms. The van der Waals surface area contributed by atoms with Gasteiger partial charge >= 0.3 is 5.97 Å². The number of hydrogen-bond donors (Lipinski definition) is 1. The van der Waals surface area contributed by atoms with Crippen molar-refractivity contribution in [3.8, 4) is 0 Å². The number of aliphatic carboxylic acids is 1. The van der Waals surface area contributed by atoms with Gasteiger partial charge in [0, 0.05) is 13.1 Å². The normalized spacial score (nSPS) is 25.2. The zero-order valence-corrected chi connectivity index (χ0v) is 11.7. The van der Waals surface area contributed by atoms with Crippen molar-refractivity contribution in [1.82, 2.24) is 4.90 Å². The first-order valence-corrected chi connectivity index (χ1v) is 7.57. The van der Waals surface area contributed by atoms with E-state index >= 15 is 0 Å². The highest BCUT2D eigenvalue weighted by atomic mass is 32.1. The lowest BCUT2D eigenvalue weighted by Gasteiger charge is -2.39. The van der Waals surface area contributed by atoms with Crippen molar-refractivity contribution >= 4 is 17.3 Å². The molecule has 1 unspecified atom stereocenters. The minimum atomic E-state index is -0.612. The van der Waals surface area contributed by atoms with Crippen LogP contribution in [0.2, 0.25) is 0 Å². The second-order valence-electron chi connectivity index (χ2n) is 5.28. The minimum absolute atomic E-state index is 0.511. The van der Waals surface area contributed by atoms with Gasteiger partial charge in [-0.2, -0.15) is 11.3 Å². The lowest BCUT2D eigenvalue weighted by Crippen LogP contribution is -2.47. The number of carbonyl (C=O) groups is 1. The molecule has 2 rings (SSSR count). The summed E-state index contributed by atoms with van der Waals surface area (Å²) in [6.45, 7) is 4.69. The van der Waals surface area contributed by atoms with Crippen molar-refractivity contribution in [2.24, 2.45) is 5.41 Å². The van der Waals surface area contributed by atoms with Crippen LogP contribution in [0.15, 0.2) is 16.8 Å². The van der Waals surface area contributed by atoms with E-state index in [9.17, 15) is 9.90 Å². The number of nitrogens with zero attached hydrogens (tertiary/aromatic N) is 1. The highest BCUT2D eigenvalue weighted by molar-refractivity contribution is 7.07. The molecule has 0 amide bonds. The summed E-state index contributed by atoms with van der Waals surface area (Å²) in [4.78, 5) is 13.9. The Morgan fingerprint density at radius 1 is 1.61 bits per heavy atom. The molecule has 1 saturated heterocycles. The molecule has 1 aliphatic rings. The van der Waals surface area contributed by atoms with Crippen molar-refractivity contribution in [1.29, 1.82) is 0 Å². The predicted molar refractivity (Wildman–Crippen MR) is 73.8 cm³/mol. The van der Waals surface area contributed by atoms with Gasteiger partial charge in [-0.1, -0.05) is 13.3 Å². The van der Waals surface area contributed by atoms with Gasteiger partial charge in [0.1, 0.15) is 0 Å². The molecule has 0 aliphatic carbocycles. The molecule has 2 heterocycles. The van der Waals surface area contributed by atoms with Gasteiger partial charge in [0.25, 0.3) is 0 Å². The smallest absolute Gasteiger partial charge is 0.310 e. The van der Waals surface area contributed by atoms with Crippen LogP contribution in [0.1, 0.15) is 38.2 Å². The van der Waals surface area contributed by atoms with E-state index in [1.807, 2.05) is 0 Å². The lowest BCUT2D eigenvalue weighted by atomic mass is 9.76. The van der Waals surface area contributed by atoms with E-state index in [-0.39, 0.29) is 0 Å². The molecule has 3 nitrogen and oxygen atoms in total. The molecule has 0 aromatic carbocycles. The Bertz CT molecular complexity index is 387. The van der Waals surface area contributed by atoms with E-state index in [0.717, 1.165) is 38.8 Å². The highest BCUT2D eigenvalue weighted by Crippen LogP contribution is 2.35. The van der Waals surface area contributed by atoms with E-state index < -0.39 is 11.4 Å². The van der Waals surface area contributed by atoms with Gasteiger partial charge in [-0.3, -0.25) is 9.69 Å². The van der Waals surface area contributed by atoms with Gasteiger partial charge in [-0.25, -0.2) is 0 Å². The topological polar surface area (TPSA) is 40.5 Å². The monoisotopic (exact) mass is 267 g/mol. The number of hydrogen-bond acceptors (Lipinski definition) is 3. The molecule has 1 aromatic rings. The number of rotatable bonds is 5. The van der Waals surface area contributed by atoms with E-state index in [1.165, 1.54) is 5.56 Å². The van der Waals surface area contributed by atoms with Gasteiger partial charge in [0.15, 0.2) is 0 Å².